The van der Waals surface area contributed by atoms with Crippen LogP contribution in [0.3, 0.4) is 0 Å². The van der Waals surface area contributed by atoms with E-state index in [1.165, 1.54) is 12.1 Å². The van der Waals surface area contributed by atoms with Crippen molar-refractivity contribution in [2.75, 3.05) is 11.9 Å². The standard InChI is InChI=1S/C28H23FN6OS2/c29-18-10-12-19(13-11-18)31-24(36)14-17-35-26(25(33-27(35)37)21-7-3-4-15-30-21)22-8-5-16-34(22)28-32-20-6-1-2-9-23(20)38-28/h1-13,15-16,25-26H,14,17H2,(H,31,36)(H,33,37)/t25-,26+/m1/s1. The molecule has 2 aromatic carbocycles. The summed E-state index contributed by atoms with van der Waals surface area (Å²) >= 11 is 7.39. The summed E-state index contributed by atoms with van der Waals surface area (Å²) in [5.41, 5.74) is 3.34. The highest BCUT2D eigenvalue weighted by atomic mass is 32.1. The highest BCUT2D eigenvalue weighted by Crippen LogP contribution is 2.40. The maximum atomic E-state index is 13.2. The minimum atomic E-state index is -0.351. The van der Waals surface area contributed by atoms with E-state index in [1.807, 2.05) is 53.6 Å². The Hall–Kier alpha value is -4.15. The van der Waals surface area contributed by atoms with Gasteiger partial charge in [-0.25, -0.2) is 9.37 Å². The largest absolute Gasteiger partial charge is 0.352 e. The maximum Gasteiger partial charge on any atom is 0.226 e. The molecule has 6 rings (SSSR count). The number of hydrogen-bond acceptors (Lipinski definition) is 5. The third-order valence-corrected chi connectivity index (χ3v) is 7.87. The van der Waals surface area contributed by atoms with Gasteiger partial charge in [0, 0.05) is 31.0 Å². The topological polar surface area (TPSA) is 75.1 Å². The summed E-state index contributed by atoms with van der Waals surface area (Å²) in [6.07, 6.45) is 3.97. The van der Waals surface area contributed by atoms with Crippen LogP contribution in [0.2, 0.25) is 0 Å². The average molecular weight is 543 g/mol. The summed E-state index contributed by atoms with van der Waals surface area (Å²) in [7, 11) is 0. The normalized spacial score (nSPS) is 17.1. The fourth-order valence-corrected chi connectivity index (χ4v) is 6.02. The van der Waals surface area contributed by atoms with E-state index in [9.17, 15) is 9.18 Å². The molecule has 1 saturated heterocycles. The van der Waals surface area contributed by atoms with E-state index in [0.717, 1.165) is 26.7 Å². The molecule has 0 unspecified atom stereocenters. The summed E-state index contributed by atoms with van der Waals surface area (Å²) in [6.45, 7) is 0.387. The van der Waals surface area contributed by atoms with Crippen molar-refractivity contribution in [1.29, 1.82) is 0 Å². The summed E-state index contributed by atoms with van der Waals surface area (Å²) < 4.78 is 16.4. The number of fused-ring (bicyclic) bond motifs is 1. The molecule has 2 atom stereocenters. The summed E-state index contributed by atoms with van der Waals surface area (Å²) in [5, 5.41) is 7.68. The van der Waals surface area contributed by atoms with Gasteiger partial charge in [-0.05, 0) is 72.9 Å². The van der Waals surface area contributed by atoms with Gasteiger partial charge in [-0.3, -0.25) is 14.3 Å². The quantitative estimate of drug-likeness (QED) is 0.260. The molecule has 0 radical (unpaired) electrons. The van der Waals surface area contributed by atoms with Crippen LogP contribution in [0.15, 0.2) is 91.3 Å². The third-order valence-electron chi connectivity index (χ3n) is 6.48. The van der Waals surface area contributed by atoms with Gasteiger partial charge in [0.15, 0.2) is 10.2 Å². The number of nitrogens with zero attached hydrogens (tertiary/aromatic N) is 4. The SMILES string of the molecule is O=C(CCN1C(=S)N[C@H](c2ccccn2)[C@@H]1c1cccn1-c1nc2ccccc2s1)Nc1ccc(F)cc1. The van der Waals surface area contributed by atoms with E-state index in [1.54, 1.807) is 29.7 Å². The zero-order valence-electron chi connectivity index (χ0n) is 20.1. The lowest BCUT2D eigenvalue weighted by molar-refractivity contribution is -0.116. The molecule has 1 fully saturated rings. The highest BCUT2D eigenvalue weighted by molar-refractivity contribution is 7.80. The van der Waals surface area contributed by atoms with Gasteiger partial charge >= 0.3 is 0 Å². The molecule has 1 amide bonds. The number of thiocarbonyl (C=S) groups is 1. The Morgan fingerprint density at radius 3 is 2.66 bits per heavy atom. The lowest BCUT2D eigenvalue weighted by Crippen LogP contribution is -2.33. The van der Waals surface area contributed by atoms with Gasteiger partial charge in [0.1, 0.15) is 5.82 Å². The highest BCUT2D eigenvalue weighted by Gasteiger charge is 2.41. The van der Waals surface area contributed by atoms with Crippen molar-refractivity contribution in [3.8, 4) is 5.13 Å². The molecule has 10 heteroatoms. The molecule has 1 aliphatic rings. The van der Waals surface area contributed by atoms with Gasteiger partial charge in [-0.2, -0.15) is 0 Å². The predicted octanol–water partition coefficient (Wildman–Crippen LogP) is 5.62. The van der Waals surface area contributed by atoms with Gasteiger partial charge in [-0.1, -0.05) is 29.5 Å². The predicted molar refractivity (Wildman–Crippen MR) is 151 cm³/mol. The van der Waals surface area contributed by atoms with E-state index in [4.69, 9.17) is 17.2 Å². The molecule has 0 saturated carbocycles. The number of nitrogens with one attached hydrogen (secondary N) is 2. The summed E-state index contributed by atoms with van der Waals surface area (Å²) in [5.74, 6) is -0.531. The second-order valence-corrected chi connectivity index (χ2v) is 10.3. The Bertz CT molecular complexity index is 1570. The zero-order valence-corrected chi connectivity index (χ0v) is 21.8. The molecule has 5 aromatic rings. The van der Waals surface area contributed by atoms with Crippen molar-refractivity contribution in [2.45, 2.75) is 18.5 Å². The first-order valence-electron chi connectivity index (χ1n) is 12.1. The van der Waals surface area contributed by atoms with E-state index in [0.29, 0.717) is 17.3 Å². The van der Waals surface area contributed by atoms with Crippen LogP contribution in [-0.4, -0.2) is 37.0 Å². The van der Waals surface area contributed by atoms with Crippen molar-refractivity contribution in [1.82, 2.24) is 24.8 Å². The van der Waals surface area contributed by atoms with Crippen LogP contribution >= 0.6 is 23.6 Å². The van der Waals surface area contributed by atoms with Crippen molar-refractivity contribution in [2.24, 2.45) is 0 Å². The summed E-state index contributed by atoms with van der Waals surface area (Å²) in [4.78, 5) is 24.3. The number of pyridine rings is 1. The number of rotatable bonds is 7. The molecule has 0 aliphatic carbocycles. The first-order chi connectivity index (χ1) is 18.6. The Morgan fingerprint density at radius 2 is 1.87 bits per heavy atom. The lowest BCUT2D eigenvalue weighted by Gasteiger charge is -2.28. The molecule has 4 heterocycles. The van der Waals surface area contributed by atoms with Gasteiger partial charge in [0.25, 0.3) is 0 Å². The minimum absolute atomic E-state index is 0.180. The molecule has 7 nitrogen and oxygen atoms in total. The van der Waals surface area contributed by atoms with E-state index >= 15 is 0 Å². The number of amides is 1. The molecule has 0 bridgehead atoms. The van der Waals surface area contributed by atoms with Crippen molar-refractivity contribution in [3.05, 3.63) is 108 Å². The second kappa shape index (κ2) is 10.3. The Morgan fingerprint density at radius 1 is 1.05 bits per heavy atom. The van der Waals surface area contributed by atoms with Crippen LogP contribution < -0.4 is 10.6 Å². The molecule has 1 aliphatic heterocycles. The van der Waals surface area contributed by atoms with Crippen molar-refractivity contribution in [3.63, 3.8) is 0 Å². The van der Waals surface area contributed by atoms with Gasteiger partial charge in [-0.15, -0.1) is 0 Å². The average Bonchev–Trinajstić information content (AvgIpc) is 3.65. The molecule has 2 N–H and O–H groups in total. The zero-order chi connectivity index (χ0) is 26.1. The Labute approximate surface area is 228 Å². The van der Waals surface area contributed by atoms with Gasteiger partial charge < -0.3 is 15.5 Å². The van der Waals surface area contributed by atoms with Crippen LogP contribution in [0, 0.1) is 5.82 Å². The smallest absolute Gasteiger partial charge is 0.226 e. The number of halogens is 1. The second-order valence-electron chi connectivity index (χ2n) is 8.89. The van der Waals surface area contributed by atoms with Crippen molar-refractivity contribution < 1.29 is 9.18 Å². The minimum Gasteiger partial charge on any atom is -0.352 e. The number of anilines is 1. The van der Waals surface area contributed by atoms with Gasteiger partial charge in [0.05, 0.1) is 33.7 Å². The lowest BCUT2D eigenvalue weighted by atomic mass is 10.0. The van der Waals surface area contributed by atoms with E-state index in [-0.39, 0.29) is 30.2 Å². The van der Waals surface area contributed by atoms with Gasteiger partial charge in [0.2, 0.25) is 5.91 Å². The molecule has 0 spiro atoms. The van der Waals surface area contributed by atoms with E-state index in [2.05, 4.69) is 32.3 Å². The number of benzene rings is 2. The summed E-state index contributed by atoms with van der Waals surface area (Å²) in [6, 6.07) is 23.2. The number of aromatic nitrogens is 3. The number of para-hydroxylation sites is 1. The number of hydrogen-bond donors (Lipinski definition) is 2. The molecule has 190 valence electrons. The van der Waals surface area contributed by atoms with Crippen molar-refractivity contribution >= 4 is 50.5 Å². The first kappa shape index (κ1) is 24.2. The van der Waals surface area contributed by atoms with Crippen LogP contribution in [0.25, 0.3) is 15.3 Å². The van der Waals surface area contributed by atoms with Crippen LogP contribution in [0.1, 0.15) is 29.9 Å². The molecule has 38 heavy (non-hydrogen) atoms. The molecular weight excluding hydrogens is 519 g/mol. The van der Waals surface area contributed by atoms with E-state index < -0.39 is 0 Å². The fourth-order valence-electron chi connectivity index (χ4n) is 4.72. The first-order valence-corrected chi connectivity index (χ1v) is 13.4. The molecular formula is C28H23FN6OS2. The monoisotopic (exact) mass is 542 g/mol. The molecule has 3 aromatic heterocycles. The number of thiazole rings is 1. The Kier molecular flexibility index (Phi) is 6.57. The maximum absolute atomic E-state index is 13.2. The third kappa shape index (κ3) is 4.75. The number of carbonyl (C=O) groups is 1. The fraction of sp³-hybridized carbons (Fsp3) is 0.143. The Balaban J connectivity index is 1.31. The van der Waals surface area contributed by atoms with Crippen LogP contribution in [0.4, 0.5) is 10.1 Å². The number of carbonyl (C=O) groups excluding carboxylic acids is 1. The van der Waals surface area contributed by atoms with Crippen LogP contribution in [-0.2, 0) is 4.79 Å². The van der Waals surface area contributed by atoms with Crippen LogP contribution in [0.5, 0.6) is 0 Å².